The van der Waals surface area contributed by atoms with Crippen molar-refractivity contribution in [2.45, 2.75) is 12.1 Å². The minimum absolute atomic E-state index is 0.00456. The van der Waals surface area contributed by atoms with Crippen LogP contribution in [0.3, 0.4) is 0 Å². The van der Waals surface area contributed by atoms with Gasteiger partial charge in [-0.2, -0.15) is 0 Å². The van der Waals surface area contributed by atoms with Gasteiger partial charge in [0.15, 0.2) is 0 Å². The van der Waals surface area contributed by atoms with Crippen LogP contribution in [0.25, 0.3) is 0 Å². The highest BCUT2D eigenvalue weighted by Crippen LogP contribution is 2.35. The zero-order valence-electron chi connectivity index (χ0n) is 23.3. The van der Waals surface area contributed by atoms with Crippen LogP contribution in [0.2, 0.25) is 0 Å². The largest absolute Gasteiger partial charge is 0.481 e. The molecule has 2 aliphatic rings. The summed E-state index contributed by atoms with van der Waals surface area (Å²) in [6.45, 7) is 2.73. The lowest BCUT2D eigenvalue weighted by Crippen LogP contribution is -2.52. The summed E-state index contributed by atoms with van der Waals surface area (Å²) in [5, 5.41) is 9.05. The van der Waals surface area contributed by atoms with E-state index in [1.807, 2.05) is 48.5 Å². The number of hydrogen-bond donors (Lipinski definition) is 1. The van der Waals surface area contributed by atoms with Crippen LogP contribution in [0.5, 0.6) is 0 Å². The first-order valence-electron chi connectivity index (χ1n) is 14.0. The van der Waals surface area contributed by atoms with Crippen molar-refractivity contribution in [3.8, 4) is 0 Å². The highest BCUT2D eigenvalue weighted by atomic mass is 16.5. The summed E-state index contributed by atoms with van der Waals surface area (Å²) in [5.41, 5.74) is 4.93. The van der Waals surface area contributed by atoms with E-state index < -0.39 is 5.97 Å². The fourth-order valence-electron chi connectivity index (χ4n) is 5.69. The smallest absolute Gasteiger partial charge is 0.311 e. The molecule has 6 heteroatoms. The second kappa shape index (κ2) is 13.4. The number of hydrogen-bond acceptors (Lipinski definition) is 5. The Morgan fingerprint density at radius 1 is 0.585 bits per heavy atom. The summed E-state index contributed by atoms with van der Waals surface area (Å²) < 4.78 is 4.83. The molecule has 41 heavy (non-hydrogen) atoms. The van der Waals surface area contributed by atoms with Crippen LogP contribution in [0, 0.1) is 11.8 Å². The van der Waals surface area contributed by atoms with Gasteiger partial charge in [-0.15, -0.1) is 0 Å². The number of carboxylic acid groups (broad SMARTS) is 1. The number of carbonyl (C=O) groups excluding carboxylic acids is 1. The van der Waals surface area contributed by atoms with E-state index in [0.717, 1.165) is 13.1 Å². The molecule has 6 nitrogen and oxygen atoms in total. The molecule has 6 rings (SSSR count). The van der Waals surface area contributed by atoms with Crippen LogP contribution >= 0.6 is 0 Å². The minimum Gasteiger partial charge on any atom is -0.481 e. The number of benzene rings is 4. The third-order valence-corrected chi connectivity index (χ3v) is 7.89. The lowest BCUT2D eigenvalue weighted by atomic mass is 9.90. The van der Waals surface area contributed by atoms with E-state index in [-0.39, 0.29) is 29.9 Å². The van der Waals surface area contributed by atoms with Crippen molar-refractivity contribution in [3.05, 3.63) is 144 Å². The molecule has 0 atom stereocenters. The molecule has 2 saturated heterocycles. The number of esters is 1. The first-order valence-corrected chi connectivity index (χ1v) is 14.0. The maximum absolute atomic E-state index is 11.6. The molecule has 0 saturated carbocycles. The highest BCUT2D eigenvalue weighted by Gasteiger charge is 2.39. The van der Waals surface area contributed by atoms with E-state index >= 15 is 0 Å². The molecule has 1 N–H and O–H groups in total. The molecule has 2 heterocycles. The molecule has 2 aliphatic heterocycles. The zero-order chi connectivity index (χ0) is 28.6. The van der Waals surface area contributed by atoms with Crippen molar-refractivity contribution in [1.29, 1.82) is 0 Å². The van der Waals surface area contributed by atoms with Gasteiger partial charge in [0.05, 0.1) is 31.0 Å². The SMILES string of the molecule is COC(=O)C1CN(C(c2ccccc2)c2ccccc2)C1.O=C(O)C1CN(C(c2ccccc2)c2ccccc2)C1. The van der Waals surface area contributed by atoms with Crippen LogP contribution < -0.4 is 0 Å². The monoisotopic (exact) mass is 548 g/mol. The lowest BCUT2D eigenvalue weighted by molar-refractivity contribution is -0.152. The summed E-state index contributed by atoms with van der Waals surface area (Å²) in [6.07, 6.45) is 0. The van der Waals surface area contributed by atoms with Gasteiger partial charge in [-0.3, -0.25) is 19.4 Å². The predicted octanol–water partition coefficient (Wildman–Crippen LogP) is 5.67. The minimum atomic E-state index is -0.693. The summed E-state index contributed by atoms with van der Waals surface area (Å²) in [5.74, 6) is -1.03. The number of carboxylic acids is 1. The molecule has 4 aromatic rings. The Morgan fingerprint density at radius 3 is 1.15 bits per heavy atom. The zero-order valence-corrected chi connectivity index (χ0v) is 23.3. The molecule has 0 bridgehead atoms. The fraction of sp³-hybridized carbons (Fsp3) is 0.257. The van der Waals surface area contributed by atoms with E-state index in [2.05, 4.69) is 82.6 Å². The normalized spacial score (nSPS) is 15.9. The molecular weight excluding hydrogens is 512 g/mol. The molecule has 0 spiro atoms. The van der Waals surface area contributed by atoms with E-state index in [0.29, 0.717) is 13.1 Å². The van der Waals surface area contributed by atoms with Gasteiger partial charge in [0, 0.05) is 26.2 Å². The topological polar surface area (TPSA) is 70.1 Å². The first-order chi connectivity index (χ1) is 20.0. The van der Waals surface area contributed by atoms with Crippen LogP contribution in [-0.2, 0) is 14.3 Å². The third-order valence-electron chi connectivity index (χ3n) is 7.89. The van der Waals surface area contributed by atoms with E-state index in [4.69, 9.17) is 9.84 Å². The van der Waals surface area contributed by atoms with Gasteiger partial charge in [-0.05, 0) is 22.3 Å². The van der Waals surface area contributed by atoms with Crippen LogP contribution in [0.4, 0.5) is 0 Å². The molecule has 0 aliphatic carbocycles. The summed E-state index contributed by atoms with van der Waals surface area (Å²) >= 11 is 0. The second-order valence-electron chi connectivity index (χ2n) is 10.6. The van der Waals surface area contributed by atoms with Gasteiger partial charge in [-0.25, -0.2) is 0 Å². The predicted molar refractivity (Wildman–Crippen MR) is 159 cm³/mol. The van der Waals surface area contributed by atoms with Crippen LogP contribution in [0.1, 0.15) is 34.3 Å². The van der Waals surface area contributed by atoms with Crippen molar-refractivity contribution in [2.24, 2.45) is 11.8 Å². The lowest BCUT2D eigenvalue weighted by Gasteiger charge is -2.43. The number of rotatable bonds is 8. The Balaban J connectivity index is 0.000000165. The van der Waals surface area contributed by atoms with Gasteiger partial charge in [0.2, 0.25) is 0 Å². The molecule has 4 aromatic carbocycles. The molecular formula is C35H36N2O4. The van der Waals surface area contributed by atoms with E-state index in [1.165, 1.54) is 29.4 Å². The number of nitrogens with zero attached hydrogens (tertiary/aromatic N) is 2. The Labute approximate surface area is 241 Å². The third kappa shape index (κ3) is 6.73. The van der Waals surface area contributed by atoms with Crippen molar-refractivity contribution >= 4 is 11.9 Å². The molecule has 0 amide bonds. The van der Waals surface area contributed by atoms with Crippen LogP contribution in [0.15, 0.2) is 121 Å². The number of methoxy groups -OCH3 is 1. The Hall–Kier alpha value is -4.26. The van der Waals surface area contributed by atoms with Gasteiger partial charge >= 0.3 is 11.9 Å². The number of carbonyl (C=O) groups is 2. The van der Waals surface area contributed by atoms with Crippen molar-refractivity contribution in [1.82, 2.24) is 9.80 Å². The summed E-state index contributed by atoms with van der Waals surface area (Å²) in [7, 11) is 1.46. The van der Waals surface area contributed by atoms with Gasteiger partial charge in [0.1, 0.15) is 0 Å². The van der Waals surface area contributed by atoms with Crippen molar-refractivity contribution in [2.75, 3.05) is 33.3 Å². The van der Waals surface area contributed by atoms with Crippen molar-refractivity contribution in [3.63, 3.8) is 0 Å². The average molecular weight is 549 g/mol. The van der Waals surface area contributed by atoms with Gasteiger partial charge < -0.3 is 9.84 Å². The number of aliphatic carboxylic acids is 1. The molecule has 2 fully saturated rings. The maximum Gasteiger partial charge on any atom is 0.311 e. The van der Waals surface area contributed by atoms with Gasteiger partial charge in [-0.1, -0.05) is 121 Å². The average Bonchev–Trinajstić information content (AvgIpc) is 2.98. The first kappa shape index (κ1) is 28.3. The Kier molecular flexibility index (Phi) is 9.24. The quantitative estimate of drug-likeness (QED) is 0.286. The molecule has 0 aromatic heterocycles. The Bertz CT molecular complexity index is 1310. The van der Waals surface area contributed by atoms with Crippen LogP contribution in [-0.4, -0.2) is 60.1 Å². The van der Waals surface area contributed by atoms with Crippen molar-refractivity contribution < 1.29 is 19.4 Å². The number of ether oxygens (including phenoxy) is 1. The summed E-state index contributed by atoms with van der Waals surface area (Å²) in [4.78, 5) is 27.1. The fourth-order valence-corrected chi connectivity index (χ4v) is 5.69. The van der Waals surface area contributed by atoms with E-state index in [9.17, 15) is 9.59 Å². The second-order valence-corrected chi connectivity index (χ2v) is 10.6. The molecule has 0 unspecified atom stereocenters. The Morgan fingerprint density at radius 2 is 0.878 bits per heavy atom. The van der Waals surface area contributed by atoms with Gasteiger partial charge in [0.25, 0.3) is 0 Å². The maximum atomic E-state index is 11.6. The molecule has 0 radical (unpaired) electrons. The summed E-state index contributed by atoms with van der Waals surface area (Å²) in [6, 6.07) is 41.7. The highest BCUT2D eigenvalue weighted by molar-refractivity contribution is 5.74. The molecule has 210 valence electrons. The van der Waals surface area contributed by atoms with E-state index in [1.54, 1.807) is 0 Å². The standard InChI is InChI=1S/C18H19NO2.C17H17NO2/c1-21-18(20)16-12-19(13-16)17(14-8-4-2-5-9-14)15-10-6-3-7-11-15;19-17(20)15-11-18(12-15)16(13-7-3-1-4-8-13)14-9-5-2-6-10-14/h2-11,16-17H,12-13H2,1H3;1-10,15-16H,11-12H2,(H,19,20). The number of likely N-dealkylation sites (tertiary alicyclic amines) is 2.